The molecule has 0 fully saturated rings. The van der Waals surface area contributed by atoms with Crippen LogP contribution in [0.4, 0.5) is 0 Å². The van der Waals surface area contributed by atoms with Crippen LogP contribution in [0.25, 0.3) is 0 Å². The Morgan fingerprint density at radius 3 is 2.62 bits per heavy atom. The standard InChI is InChI=1S/C13H24N2S/c1-11(2)13(10-15(3)4)14-8-7-12-6-5-9-16-12/h5-6,9,11,13-14H,7-8,10H2,1-4H3. The molecule has 1 rings (SSSR count). The van der Waals surface area contributed by atoms with E-state index in [4.69, 9.17) is 0 Å². The molecule has 0 aliphatic heterocycles. The number of likely N-dealkylation sites (N-methyl/N-ethyl adjacent to an activating group) is 1. The van der Waals surface area contributed by atoms with E-state index in [1.54, 1.807) is 0 Å². The van der Waals surface area contributed by atoms with Crippen LogP contribution in [0.5, 0.6) is 0 Å². The molecule has 2 nitrogen and oxygen atoms in total. The third kappa shape index (κ3) is 5.10. The molecule has 1 unspecified atom stereocenters. The van der Waals surface area contributed by atoms with Gasteiger partial charge in [0.15, 0.2) is 0 Å². The molecule has 1 aromatic heterocycles. The summed E-state index contributed by atoms with van der Waals surface area (Å²) in [5.74, 6) is 0.686. The normalized spacial score (nSPS) is 13.6. The molecule has 0 radical (unpaired) electrons. The zero-order valence-corrected chi connectivity index (χ0v) is 11.7. The monoisotopic (exact) mass is 240 g/mol. The zero-order chi connectivity index (χ0) is 12.0. The van der Waals surface area contributed by atoms with Crippen molar-refractivity contribution in [2.24, 2.45) is 5.92 Å². The van der Waals surface area contributed by atoms with Gasteiger partial charge in [0.1, 0.15) is 0 Å². The minimum Gasteiger partial charge on any atom is -0.312 e. The van der Waals surface area contributed by atoms with Crippen LogP contribution in [0.1, 0.15) is 18.7 Å². The fraction of sp³-hybridized carbons (Fsp3) is 0.692. The summed E-state index contributed by atoms with van der Waals surface area (Å²) >= 11 is 1.85. The molecule has 1 aromatic rings. The molecular formula is C13H24N2S. The molecule has 0 aliphatic rings. The number of hydrogen-bond donors (Lipinski definition) is 1. The lowest BCUT2D eigenvalue weighted by Gasteiger charge is -2.25. The van der Waals surface area contributed by atoms with Crippen LogP contribution in [0.3, 0.4) is 0 Å². The Bertz CT molecular complexity index is 267. The van der Waals surface area contributed by atoms with Crippen LogP contribution in [0, 0.1) is 5.92 Å². The third-order valence-electron chi connectivity index (χ3n) is 2.72. The lowest BCUT2D eigenvalue weighted by Crippen LogP contribution is -2.42. The highest BCUT2D eigenvalue weighted by Crippen LogP contribution is 2.09. The first-order valence-corrected chi connectivity index (χ1v) is 6.88. The maximum absolute atomic E-state index is 3.65. The van der Waals surface area contributed by atoms with Gasteiger partial charge in [-0.05, 0) is 37.9 Å². The SMILES string of the molecule is CC(C)C(CN(C)C)NCCc1cccs1. The van der Waals surface area contributed by atoms with Crippen LogP contribution in [0.2, 0.25) is 0 Å². The quantitative estimate of drug-likeness (QED) is 0.787. The van der Waals surface area contributed by atoms with Gasteiger partial charge in [0.2, 0.25) is 0 Å². The van der Waals surface area contributed by atoms with Gasteiger partial charge in [0.05, 0.1) is 0 Å². The van der Waals surface area contributed by atoms with E-state index in [0.717, 1.165) is 19.5 Å². The first kappa shape index (κ1) is 13.7. The summed E-state index contributed by atoms with van der Waals surface area (Å²) in [6, 6.07) is 4.93. The molecule has 92 valence electrons. The van der Waals surface area contributed by atoms with E-state index >= 15 is 0 Å². The van der Waals surface area contributed by atoms with Gasteiger partial charge in [-0.2, -0.15) is 0 Å². The largest absolute Gasteiger partial charge is 0.312 e. The fourth-order valence-electron chi connectivity index (χ4n) is 1.74. The highest BCUT2D eigenvalue weighted by atomic mass is 32.1. The van der Waals surface area contributed by atoms with Crippen molar-refractivity contribution in [2.75, 3.05) is 27.2 Å². The second-order valence-corrected chi connectivity index (χ2v) is 5.93. The predicted molar refractivity (Wildman–Crippen MR) is 73.2 cm³/mol. The Hall–Kier alpha value is -0.380. The van der Waals surface area contributed by atoms with E-state index in [1.165, 1.54) is 4.88 Å². The lowest BCUT2D eigenvalue weighted by molar-refractivity contribution is 0.290. The van der Waals surface area contributed by atoms with Crippen molar-refractivity contribution in [3.8, 4) is 0 Å². The summed E-state index contributed by atoms with van der Waals surface area (Å²) in [5.41, 5.74) is 0. The van der Waals surface area contributed by atoms with Gasteiger partial charge < -0.3 is 10.2 Å². The molecule has 0 saturated carbocycles. The van der Waals surface area contributed by atoms with Crippen molar-refractivity contribution in [2.45, 2.75) is 26.3 Å². The molecule has 0 aliphatic carbocycles. The third-order valence-corrected chi connectivity index (χ3v) is 3.66. The Balaban J connectivity index is 2.27. The molecule has 0 bridgehead atoms. The minimum atomic E-state index is 0.593. The van der Waals surface area contributed by atoms with Crippen molar-refractivity contribution < 1.29 is 0 Å². The van der Waals surface area contributed by atoms with E-state index in [2.05, 4.69) is 55.7 Å². The van der Waals surface area contributed by atoms with Crippen LogP contribution >= 0.6 is 11.3 Å². The Kier molecular flexibility index (Phi) is 6.03. The Morgan fingerprint density at radius 1 is 1.38 bits per heavy atom. The van der Waals surface area contributed by atoms with Crippen LogP contribution in [-0.2, 0) is 6.42 Å². The van der Waals surface area contributed by atoms with E-state index in [0.29, 0.717) is 12.0 Å². The maximum atomic E-state index is 3.65. The van der Waals surface area contributed by atoms with Crippen LogP contribution in [0.15, 0.2) is 17.5 Å². The number of nitrogens with one attached hydrogen (secondary N) is 1. The smallest absolute Gasteiger partial charge is 0.0217 e. The van der Waals surface area contributed by atoms with Gasteiger partial charge in [0, 0.05) is 24.0 Å². The summed E-state index contributed by atoms with van der Waals surface area (Å²) in [4.78, 5) is 3.72. The molecule has 0 saturated heterocycles. The number of rotatable bonds is 7. The van der Waals surface area contributed by atoms with E-state index < -0.39 is 0 Å². The van der Waals surface area contributed by atoms with Gasteiger partial charge in [-0.3, -0.25) is 0 Å². The lowest BCUT2D eigenvalue weighted by atomic mass is 10.0. The van der Waals surface area contributed by atoms with Gasteiger partial charge in [-0.1, -0.05) is 19.9 Å². The fourth-order valence-corrected chi connectivity index (χ4v) is 2.45. The number of thiophene rings is 1. The molecule has 16 heavy (non-hydrogen) atoms. The maximum Gasteiger partial charge on any atom is 0.0217 e. The van der Waals surface area contributed by atoms with Crippen molar-refractivity contribution in [1.29, 1.82) is 0 Å². The molecule has 1 N–H and O–H groups in total. The van der Waals surface area contributed by atoms with Gasteiger partial charge in [0.25, 0.3) is 0 Å². The van der Waals surface area contributed by atoms with E-state index in [1.807, 2.05) is 11.3 Å². The summed E-state index contributed by atoms with van der Waals surface area (Å²) < 4.78 is 0. The topological polar surface area (TPSA) is 15.3 Å². The van der Waals surface area contributed by atoms with Gasteiger partial charge >= 0.3 is 0 Å². The average molecular weight is 240 g/mol. The second-order valence-electron chi connectivity index (χ2n) is 4.90. The molecule has 0 aromatic carbocycles. The predicted octanol–water partition coefficient (Wildman–Crippen LogP) is 2.47. The highest BCUT2D eigenvalue weighted by Gasteiger charge is 2.13. The van der Waals surface area contributed by atoms with Gasteiger partial charge in [-0.25, -0.2) is 0 Å². The Morgan fingerprint density at radius 2 is 2.12 bits per heavy atom. The summed E-state index contributed by atoms with van der Waals surface area (Å²) in [6.45, 7) is 6.76. The zero-order valence-electron chi connectivity index (χ0n) is 10.9. The molecular weight excluding hydrogens is 216 g/mol. The summed E-state index contributed by atoms with van der Waals surface area (Å²) in [6.07, 6.45) is 1.15. The second kappa shape index (κ2) is 7.05. The average Bonchev–Trinajstić information content (AvgIpc) is 2.68. The first-order chi connectivity index (χ1) is 7.59. The first-order valence-electron chi connectivity index (χ1n) is 6.00. The van der Waals surface area contributed by atoms with Crippen molar-refractivity contribution in [3.05, 3.63) is 22.4 Å². The van der Waals surface area contributed by atoms with Crippen LogP contribution < -0.4 is 5.32 Å². The molecule has 1 heterocycles. The summed E-state index contributed by atoms with van der Waals surface area (Å²) in [7, 11) is 4.27. The highest BCUT2D eigenvalue weighted by molar-refractivity contribution is 7.09. The number of nitrogens with zero attached hydrogens (tertiary/aromatic N) is 1. The van der Waals surface area contributed by atoms with Gasteiger partial charge in [-0.15, -0.1) is 11.3 Å². The Labute approximate surface area is 104 Å². The molecule has 1 atom stereocenters. The van der Waals surface area contributed by atoms with Crippen molar-refractivity contribution >= 4 is 11.3 Å². The van der Waals surface area contributed by atoms with E-state index in [-0.39, 0.29) is 0 Å². The van der Waals surface area contributed by atoms with E-state index in [9.17, 15) is 0 Å². The molecule has 3 heteroatoms. The number of hydrogen-bond acceptors (Lipinski definition) is 3. The molecule has 0 spiro atoms. The summed E-state index contributed by atoms with van der Waals surface area (Å²) in [5, 5.41) is 5.80. The molecule has 0 amide bonds. The van der Waals surface area contributed by atoms with Crippen LogP contribution in [-0.4, -0.2) is 38.1 Å². The van der Waals surface area contributed by atoms with Crippen molar-refractivity contribution in [3.63, 3.8) is 0 Å². The van der Waals surface area contributed by atoms with Crippen molar-refractivity contribution in [1.82, 2.24) is 10.2 Å². The minimum absolute atomic E-state index is 0.593.